The highest BCUT2D eigenvalue weighted by Crippen LogP contribution is 2.25. The maximum Gasteiger partial charge on any atom is 0.225 e. The first-order valence-corrected chi connectivity index (χ1v) is 10.9. The first kappa shape index (κ1) is 21.8. The lowest BCUT2D eigenvalue weighted by atomic mass is 10.2. The van der Waals surface area contributed by atoms with Gasteiger partial charge in [-0.3, -0.25) is 0 Å². The molecule has 1 unspecified atom stereocenters. The van der Waals surface area contributed by atoms with Crippen molar-refractivity contribution in [3.8, 4) is 11.6 Å². The van der Waals surface area contributed by atoms with Crippen molar-refractivity contribution in [3.63, 3.8) is 0 Å². The van der Waals surface area contributed by atoms with E-state index < -0.39 is 11.6 Å². The van der Waals surface area contributed by atoms with Crippen molar-refractivity contribution >= 4 is 28.3 Å². The molecule has 0 radical (unpaired) electrons. The smallest absolute Gasteiger partial charge is 0.225 e. The van der Waals surface area contributed by atoms with E-state index in [1.807, 2.05) is 23.8 Å². The Bertz CT molecular complexity index is 1440. The molecular weight excluding hydrogens is 442 g/mol. The van der Waals surface area contributed by atoms with Crippen molar-refractivity contribution in [1.29, 1.82) is 0 Å². The molecule has 0 saturated heterocycles. The zero-order valence-corrected chi connectivity index (χ0v) is 18.5. The summed E-state index contributed by atoms with van der Waals surface area (Å²) in [6.45, 7) is 3.46. The van der Waals surface area contributed by atoms with E-state index >= 15 is 0 Å². The molecule has 5 aromatic rings. The van der Waals surface area contributed by atoms with Crippen LogP contribution in [-0.4, -0.2) is 43.3 Å². The third-order valence-electron chi connectivity index (χ3n) is 5.79. The van der Waals surface area contributed by atoms with Crippen LogP contribution >= 0.6 is 0 Å². The van der Waals surface area contributed by atoms with Gasteiger partial charge in [0.1, 0.15) is 17.3 Å². The average molecular weight is 466 g/mol. The predicted octanol–water partition coefficient (Wildman–Crippen LogP) is 3.44. The Morgan fingerprint density at radius 3 is 2.74 bits per heavy atom. The number of furan rings is 1. The molecule has 4 N–H and O–H groups in total. The number of hydrogen-bond acceptors (Lipinski definition) is 7. The van der Waals surface area contributed by atoms with Gasteiger partial charge in [-0.1, -0.05) is 0 Å². The Balaban J connectivity index is 1.34. The van der Waals surface area contributed by atoms with Crippen LogP contribution in [-0.2, 0) is 6.54 Å². The highest BCUT2D eigenvalue weighted by Gasteiger charge is 2.18. The van der Waals surface area contributed by atoms with E-state index in [4.69, 9.17) is 15.9 Å². The molecule has 0 spiro atoms. The van der Waals surface area contributed by atoms with Crippen molar-refractivity contribution in [1.82, 2.24) is 24.1 Å². The van der Waals surface area contributed by atoms with Crippen LogP contribution in [0.1, 0.15) is 13.3 Å². The Morgan fingerprint density at radius 2 is 2.00 bits per heavy atom. The minimum absolute atomic E-state index is 0.209. The molecule has 11 heteroatoms. The summed E-state index contributed by atoms with van der Waals surface area (Å²) in [6.07, 6.45) is 4.07. The van der Waals surface area contributed by atoms with Gasteiger partial charge in [0.05, 0.1) is 17.3 Å². The van der Waals surface area contributed by atoms with Gasteiger partial charge in [-0.05, 0) is 43.7 Å². The molecule has 1 aromatic carbocycles. The molecule has 0 saturated carbocycles. The summed E-state index contributed by atoms with van der Waals surface area (Å²) in [5, 5.41) is 5.21. The number of nitrogen functional groups attached to an aromatic ring is 1. The number of hydrogen-bond donors (Lipinski definition) is 2. The summed E-state index contributed by atoms with van der Waals surface area (Å²) in [5.74, 6) is -0.0310. The first-order valence-electron chi connectivity index (χ1n) is 10.9. The number of halogens is 2. The summed E-state index contributed by atoms with van der Waals surface area (Å²) in [7, 11) is 0. The maximum atomic E-state index is 14.2. The van der Waals surface area contributed by atoms with Crippen LogP contribution in [0.4, 0.5) is 20.4 Å². The lowest BCUT2D eigenvalue weighted by Crippen LogP contribution is -2.38. The molecule has 0 aliphatic carbocycles. The van der Waals surface area contributed by atoms with E-state index in [0.29, 0.717) is 54.6 Å². The van der Waals surface area contributed by atoms with Crippen LogP contribution in [0, 0.1) is 11.6 Å². The van der Waals surface area contributed by atoms with Crippen LogP contribution in [0.15, 0.2) is 53.3 Å². The van der Waals surface area contributed by atoms with Gasteiger partial charge in [0, 0.05) is 37.9 Å². The molecule has 4 heterocycles. The third-order valence-corrected chi connectivity index (χ3v) is 5.79. The minimum atomic E-state index is -0.606. The molecule has 4 aromatic heterocycles. The van der Waals surface area contributed by atoms with Crippen molar-refractivity contribution in [3.05, 3.63) is 60.5 Å². The van der Waals surface area contributed by atoms with Crippen LogP contribution < -0.4 is 16.4 Å². The van der Waals surface area contributed by atoms with Crippen LogP contribution in [0.25, 0.3) is 28.3 Å². The summed E-state index contributed by atoms with van der Waals surface area (Å²) >= 11 is 0. The molecule has 0 fully saturated rings. The molecule has 176 valence electrons. The lowest BCUT2D eigenvalue weighted by molar-refractivity contribution is 0.531. The quantitative estimate of drug-likeness (QED) is 0.360. The predicted molar refractivity (Wildman–Crippen MR) is 125 cm³/mol. The van der Waals surface area contributed by atoms with Gasteiger partial charge in [0.15, 0.2) is 11.4 Å². The summed E-state index contributed by atoms with van der Waals surface area (Å²) in [5.41, 5.74) is 14.1. The SMILES string of the molecule is CCN(CC(N)CCn1ccc2c1nc(N)n1nc(-c3ccco3)nc21)c1ccc(F)cc1F. The molecule has 0 aliphatic heterocycles. The van der Waals surface area contributed by atoms with E-state index in [9.17, 15) is 8.78 Å². The van der Waals surface area contributed by atoms with Gasteiger partial charge < -0.3 is 25.4 Å². The second kappa shape index (κ2) is 8.75. The average Bonchev–Trinajstić information content (AvgIpc) is 3.55. The fraction of sp³-hybridized carbons (Fsp3) is 0.261. The number of benzene rings is 1. The molecule has 0 amide bonds. The number of nitrogens with zero attached hydrogens (tertiary/aromatic N) is 6. The van der Waals surface area contributed by atoms with Crippen molar-refractivity contribution < 1.29 is 13.2 Å². The number of anilines is 2. The van der Waals surface area contributed by atoms with Gasteiger partial charge in [-0.2, -0.15) is 9.50 Å². The number of rotatable bonds is 8. The fourth-order valence-corrected chi connectivity index (χ4v) is 4.07. The molecule has 1 atom stereocenters. The molecule has 5 rings (SSSR count). The third kappa shape index (κ3) is 3.94. The van der Waals surface area contributed by atoms with Crippen molar-refractivity contribution in [2.75, 3.05) is 23.7 Å². The van der Waals surface area contributed by atoms with E-state index in [1.54, 1.807) is 23.3 Å². The van der Waals surface area contributed by atoms with Crippen molar-refractivity contribution in [2.24, 2.45) is 5.73 Å². The van der Waals surface area contributed by atoms with E-state index in [-0.39, 0.29) is 12.0 Å². The number of nitrogens with two attached hydrogens (primary N) is 2. The lowest BCUT2D eigenvalue weighted by Gasteiger charge is -2.27. The Morgan fingerprint density at radius 1 is 1.15 bits per heavy atom. The zero-order chi connectivity index (χ0) is 23.8. The Hall–Kier alpha value is -3.99. The second-order valence-electron chi connectivity index (χ2n) is 8.05. The standard InChI is InChI=1S/C23H24F2N8O/c1-2-31(18-6-5-14(24)12-17(18)25)13-15(26)7-9-32-10-8-16-21(32)29-23(27)33-22(16)28-20(30-33)19-4-3-11-34-19/h3-6,8,10-12,15H,2,7,9,13,26H2,1H3,(H2,27,29). The van der Waals surface area contributed by atoms with Gasteiger partial charge in [0.25, 0.3) is 0 Å². The second-order valence-corrected chi connectivity index (χ2v) is 8.05. The normalized spacial score (nSPS) is 12.6. The molecule has 34 heavy (non-hydrogen) atoms. The monoisotopic (exact) mass is 466 g/mol. The molecular formula is C23H24F2N8O. The van der Waals surface area contributed by atoms with E-state index in [1.165, 1.54) is 16.6 Å². The largest absolute Gasteiger partial charge is 0.461 e. The van der Waals surface area contributed by atoms with Crippen LogP contribution in [0.5, 0.6) is 0 Å². The van der Waals surface area contributed by atoms with Gasteiger partial charge in [0.2, 0.25) is 11.8 Å². The minimum Gasteiger partial charge on any atom is -0.461 e. The van der Waals surface area contributed by atoms with E-state index in [0.717, 1.165) is 11.5 Å². The molecule has 9 nitrogen and oxygen atoms in total. The van der Waals surface area contributed by atoms with Crippen LogP contribution in [0.2, 0.25) is 0 Å². The fourth-order valence-electron chi connectivity index (χ4n) is 4.07. The van der Waals surface area contributed by atoms with Gasteiger partial charge in [-0.25, -0.2) is 13.8 Å². The number of aryl methyl sites for hydroxylation is 1. The summed E-state index contributed by atoms with van der Waals surface area (Å²) < 4.78 is 36.3. The molecule has 0 aliphatic rings. The van der Waals surface area contributed by atoms with Crippen LogP contribution in [0.3, 0.4) is 0 Å². The highest BCUT2D eigenvalue weighted by molar-refractivity contribution is 5.91. The summed E-state index contributed by atoms with van der Waals surface area (Å²) in [4.78, 5) is 10.9. The van der Waals surface area contributed by atoms with Crippen molar-refractivity contribution in [2.45, 2.75) is 25.9 Å². The number of aromatic nitrogens is 5. The van der Waals surface area contributed by atoms with Gasteiger partial charge in [-0.15, -0.1) is 5.10 Å². The number of likely N-dealkylation sites (N-methyl/N-ethyl adjacent to an activating group) is 1. The Kier molecular flexibility index (Phi) is 5.62. The number of fused-ring (bicyclic) bond motifs is 3. The zero-order valence-electron chi connectivity index (χ0n) is 18.5. The first-order chi connectivity index (χ1) is 16.4. The maximum absolute atomic E-state index is 14.2. The van der Waals surface area contributed by atoms with Gasteiger partial charge >= 0.3 is 0 Å². The molecule has 0 bridgehead atoms. The highest BCUT2D eigenvalue weighted by atomic mass is 19.1. The van der Waals surface area contributed by atoms with E-state index in [2.05, 4.69) is 15.1 Å². The summed E-state index contributed by atoms with van der Waals surface area (Å²) in [6, 6.07) is 8.78. The topological polar surface area (TPSA) is 116 Å². The Labute approximate surface area is 193 Å².